The van der Waals surface area contributed by atoms with Gasteiger partial charge in [0, 0.05) is 2.52 Å². The zero-order valence-electron chi connectivity index (χ0n) is 10.0. The van der Waals surface area contributed by atoms with Gasteiger partial charge < -0.3 is 0 Å². The van der Waals surface area contributed by atoms with Crippen LogP contribution in [-0.2, 0) is 10.0 Å². The summed E-state index contributed by atoms with van der Waals surface area (Å²) in [5.74, 6) is 2.55. The van der Waals surface area contributed by atoms with E-state index in [0.29, 0.717) is 17.7 Å². The third kappa shape index (κ3) is 2.27. The van der Waals surface area contributed by atoms with E-state index in [9.17, 15) is 8.42 Å². The molecule has 1 aliphatic heterocycles. The molecule has 0 bridgehead atoms. The second kappa shape index (κ2) is 4.63. The molecule has 0 aromatic rings. The fourth-order valence-corrected chi connectivity index (χ4v) is 7.20. The van der Waals surface area contributed by atoms with Crippen molar-refractivity contribution in [3.8, 4) is 0 Å². The first kappa shape index (κ1) is 12.7. The van der Waals surface area contributed by atoms with Crippen LogP contribution in [0.1, 0.15) is 44.9 Å². The van der Waals surface area contributed by atoms with E-state index in [0.717, 1.165) is 18.3 Å². The molecule has 98 valence electrons. The molecule has 5 heteroatoms. The van der Waals surface area contributed by atoms with Crippen molar-refractivity contribution >= 4 is 10.0 Å². The van der Waals surface area contributed by atoms with E-state index in [1.807, 2.05) is 0 Å². The Labute approximate surface area is 118 Å². The highest BCUT2D eigenvalue weighted by Gasteiger charge is 2.51. The topological polar surface area (TPSA) is 37.4 Å². The van der Waals surface area contributed by atoms with Gasteiger partial charge in [-0.3, -0.25) is 0 Å². The van der Waals surface area contributed by atoms with E-state index in [1.165, 1.54) is 38.5 Å². The maximum Gasteiger partial charge on any atom is 0.387 e. The lowest BCUT2D eigenvalue weighted by atomic mass is 9.75. The summed E-state index contributed by atoms with van der Waals surface area (Å²) in [6.45, 7) is 0. The largest absolute Gasteiger partial charge is 0.387 e. The van der Waals surface area contributed by atoms with E-state index >= 15 is 0 Å². The number of fused-ring (bicyclic) bond motifs is 2. The van der Waals surface area contributed by atoms with Crippen molar-refractivity contribution < 1.29 is 31.3 Å². The van der Waals surface area contributed by atoms with Crippen LogP contribution in [0.5, 0.6) is 0 Å². The SMILES string of the molecule is O=S1(=O)CC2CC3CCCCC3CCC2N1[IH+]. The van der Waals surface area contributed by atoms with E-state index in [-0.39, 0.29) is 0 Å². The van der Waals surface area contributed by atoms with Crippen LogP contribution in [0.2, 0.25) is 0 Å². The molecule has 4 unspecified atom stereocenters. The van der Waals surface area contributed by atoms with Crippen molar-refractivity contribution in [2.75, 3.05) is 5.75 Å². The Kier molecular flexibility index (Phi) is 3.45. The van der Waals surface area contributed by atoms with Crippen molar-refractivity contribution in [1.29, 1.82) is 0 Å². The van der Waals surface area contributed by atoms with Crippen LogP contribution in [0.25, 0.3) is 0 Å². The Hall–Kier alpha value is 0.640. The quantitative estimate of drug-likeness (QED) is 0.397. The van der Waals surface area contributed by atoms with E-state index < -0.39 is 10.0 Å². The van der Waals surface area contributed by atoms with Gasteiger partial charge in [0.15, 0.2) is 0 Å². The van der Waals surface area contributed by atoms with Crippen molar-refractivity contribution in [1.82, 2.24) is 2.52 Å². The lowest BCUT2D eigenvalue weighted by Gasteiger charge is -2.30. The Morgan fingerprint density at radius 3 is 2.41 bits per heavy atom. The molecule has 0 amide bonds. The Morgan fingerprint density at radius 2 is 1.65 bits per heavy atom. The van der Waals surface area contributed by atoms with E-state index in [2.05, 4.69) is 0 Å². The lowest BCUT2D eigenvalue weighted by Crippen LogP contribution is -3.42. The van der Waals surface area contributed by atoms with Gasteiger partial charge >= 0.3 is 22.9 Å². The summed E-state index contributed by atoms with van der Waals surface area (Å²) in [7, 11) is -2.92. The van der Waals surface area contributed by atoms with Crippen LogP contribution in [0.3, 0.4) is 0 Å². The van der Waals surface area contributed by atoms with Crippen LogP contribution in [0.15, 0.2) is 0 Å². The van der Waals surface area contributed by atoms with Crippen molar-refractivity contribution in [3.05, 3.63) is 0 Å². The molecular formula is C12H21INO2S+. The third-order valence-corrected chi connectivity index (χ3v) is 9.41. The summed E-state index contributed by atoms with van der Waals surface area (Å²) < 4.78 is 25.5. The predicted octanol–water partition coefficient (Wildman–Crippen LogP) is -1.19. The molecule has 0 spiro atoms. The van der Waals surface area contributed by atoms with Gasteiger partial charge in [0.05, 0.1) is 11.8 Å². The van der Waals surface area contributed by atoms with E-state index in [4.69, 9.17) is 0 Å². The maximum atomic E-state index is 11.9. The van der Waals surface area contributed by atoms with Crippen molar-refractivity contribution in [3.63, 3.8) is 0 Å². The third-order valence-electron chi connectivity index (χ3n) is 5.02. The number of hydrogen-bond donors (Lipinski definition) is 0. The summed E-state index contributed by atoms with van der Waals surface area (Å²) >= 11 is 1.71. The molecule has 17 heavy (non-hydrogen) atoms. The van der Waals surface area contributed by atoms with Gasteiger partial charge in [-0.25, -0.2) is 8.42 Å². The highest BCUT2D eigenvalue weighted by molar-refractivity contribution is 7.89. The molecule has 2 aliphatic carbocycles. The van der Waals surface area contributed by atoms with Crippen LogP contribution in [-0.4, -0.2) is 22.7 Å². The van der Waals surface area contributed by atoms with Crippen LogP contribution < -0.4 is 22.9 Å². The smallest absolute Gasteiger partial charge is 0.209 e. The zero-order valence-corrected chi connectivity index (χ0v) is 13.2. The Balaban J connectivity index is 1.81. The normalized spacial score (nSPS) is 45.9. The molecule has 0 aromatic heterocycles. The van der Waals surface area contributed by atoms with Gasteiger partial charge in [-0.05, 0) is 37.0 Å². The van der Waals surface area contributed by atoms with Crippen LogP contribution >= 0.6 is 0 Å². The highest BCUT2D eigenvalue weighted by Crippen LogP contribution is 2.44. The molecule has 1 heterocycles. The minimum absolute atomic E-state index is 0.315. The van der Waals surface area contributed by atoms with Gasteiger partial charge in [-0.15, -0.1) is 0 Å². The van der Waals surface area contributed by atoms with Crippen molar-refractivity contribution in [2.45, 2.75) is 51.0 Å². The minimum atomic E-state index is -2.92. The molecule has 0 N–H and O–H groups in total. The Bertz CT molecular complexity index is 397. The molecular weight excluding hydrogens is 349 g/mol. The molecule has 4 atom stereocenters. The number of nitrogens with zero attached hydrogens (tertiary/aromatic N) is 1. The molecule has 0 aromatic carbocycles. The van der Waals surface area contributed by atoms with Gasteiger partial charge in [0.2, 0.25) is 0 Å². The summed E-state index contributed by atoms with van der Waals surface area (Å²) in [5.41, 5.74) is 0. The van der Waals surface area contributed by atoms with Crippen LogP contribution in [0.4, 0.5) is 0 Å². The van der Waals surface area contributed by atoms with Crippen LogP contribution in [0, 0.1) is 17.8 Å². The number of hydrogen-bond acceptors (Lipinski definition) is 2. The van der Waals surface area contributed by atoms with Crippen molar-refractivity contribution in [2.24, 2.45) is 17.8 Å². The molecule has 3 fully saturated rings. The summed E-state index contributed by atoms with van der Waals surface area (Å²) in [6.07, 6.45) is 9.02. The molecule has 1 saturated heterocycles. The van der Waals surface area contributed by atoms with Gasteiger partial charge in [-0.1, -0.05) is 25.7 Å². The van der Waals surface area contributed by atoms with E-state index in [1.54, 1.807) is 25.4 Å². The lowest BCUT2D eigenvalue weighted by molar-refractivity contribution is -0.542. The highest BCUT2D eigenvalue weighted by atomic mass is 127. The van der Waals surface area contributed by atoms with Gasteiger partial charge in [0.1, 0.15) is 0 Å². The second-order valence-electron chi connectivity index (χ2n) is 5.98. The Morgan fingerprint density at radius 1 is 0.941 bits per heavy atom. The summed E-state index contributed by atoms with van der Waals surface area (Å²) in [5, 5.41) is 0. The molecule has 0 radical (unpaired) electrons. The van der Waals surface area contributed by atoms with Gasteiger partial charge in [0.25, 0.3) is 10.0 Å². The maximum absolute atomic E-state index is 11.9. The second-order valence-corrected chi connectivity index (χ2v) is 9.71. The fraction of sp³-hybridized carbons (Fsp3) is 1.00. The first-order chi connectivity index (χ1) is 8.08. The molecule has 3 nitrogen and oxygen atoms in total. The fourth-order valence-electron chi connectivity index (χ4n) is 4.15. The summed E-state index contributed by atoms with van der Waals surface area (Å²) in [6, 6.07) is 0.315. The predicted molar refractivity (Wildman–Crippen MR) is 63.6 cm³/mol. The minimum Gasteiger partial charge on any atom is -0.209 e. The molecule has 3 aliphatic rings. The number of halogens is 1. The first-order valence-corrected chi connectivity index (χ1v) is 9.42. The standard InChI is InChI=1S/C12H21INO2S/c13-14-12-6-5-9-3-1-2-4-10(9)7-11(12)8-17(14,15)16/h9-13H,1-8H2/q+1. The number of rotatable bonds is 0. The average molecular weight is 370 g/mol. The average Bonchev–Trinajstić information content (AvgIpc) is 2.45. The number of sulfonamides is 1. The summed E-state index contributed by atoms with van der Waals surface area (Å²) in [4.78, 5) is 0. The molecule has 2 saturated carbocycles. The molecule has 3 rings (SSSR count). The van der Waals surface area contributed by atoms with Gasteiger partial charge in [-0.2, -0.15) is 0 Å². The monoisotopic (exact) mass is 370 g/mol. The zero-order chi connectivity index (χ0) is 12.0. The first-order valence-electron chi connectivity index (χ1n) is 6.77.